The molecular weight excluding hydrogens is 320 g/mol. The first-order valence-corrected chi connectivity index (χ1v) is 8.83. The first-order valence-electron chi connectivity index (χ1n) is 7.20. The Labute approximate surface area is 138 Å². The van der Waals surface area contributed by atoms with Crippen molar-refractivity contribution in [2.75, 3.05) is 13.2 Å². The molecule has 2 aromatic rings. The summed E-state index contributed by atoms with van der Waals surface area (Å²) in [5, 5.41) is 20.1. The average Bonchev–Trinajstić information content (AvgIpc) is 3.02. The van der Waals surface area contributed by atoms with Crippen LogP contribution in [-0.2, 0) is 0 Å². The maximum atomic E-state index is 10.1. The van der Waals surface area contributed by atoms with Crippen molar-refractivity contribution in [2.45, 2.75) is 27.7 Å². The van der Waals surface area contributed by atoms with E-state index in [1.165, 1.54) is 22.7 Å². The van der Waals surface area contributed by atoms with Gasteiger partial charge in [0.05, 0.1) is 14.6 Å². The van der Waals surface area contributed by atoms with Crippen molar-refractivity contribution < 1.29 is 19.7 Å². The summed E-state index contributed by atoms with van der Waals surface area (Å²) in [6, 6.07) is 0. The van der Waals surface area contributed by atoms with E-state index < -0.39 is 0 Å². The van der Waals surface area contributed by atoms with Crippen LogP contribution in [-0.4, -0.2) is 23.4 Å². The fourth-order valence-corrected chi connectivity index (χ4v) is 4.32. The van der Waals surface area contributed by atoms with Gasteiger partial charge in [-0.15, -0.1) is 22.7 Å². The first-order chi connectivity index (χ1) is 10.6. The van der Waals surface area contributed by atoms with Gasteiger partial charge in [-0.3, -0.25) is 0 Å². The standard InChI is InChI=1S/C14H14O4S2.C2H6/c1-3-4-8-9(15)10(16)13(20-8)14-12-11(7(2)19-14)17-5-6-18-12;1-2/h3-4,15-16H,5-6H2,1-2H3;1-2H3/b4-3+;. The zero-order valence-corrected chi connectivity index (χ0v) is 14.7. The molecule has 0 fully saturated rings. The molecule has 0 atom stereocenters. The van der Waals surface area contributed by atoms with Gasteiger partial charge in [-0.25, -0.2) is 0 Å². The molecular formula is C16H20O4S2. The number of thiophene rings is 2. The van der Waals surface area contributed by atoms with Gasteiger partial charge in [0.1, 0.15) is 13.2 Å². The molecule has 2 aromatic heterocycles. The second-order valence-corrected chi connectivity index (χ2v) is 6.61. The quantitative estimate of drug-likeness (QED) is 0.805. The molecule has 22 heavy (non-hydrogen) atoms. The van der Waals surface area contributed by atoms with Gasteiger partial charge in [0, 0.05) is 4.88 Å². The van der Waals surface area contributed by atoms with E-state index in [0.717, 1.165) is 15.5 Å². The maximum absolute atomic E-state index is 10.1. The van der Waals surface area contributed by atoms with E-state index in [1.54, 1.807) is 6.08 Å². The van der Waals surface area contributed by atoms with Crippen molar-refractivity contribution in [2.24, 2.45) is 0 Å². The van der Waals surface area contributed by atoms with Crippen LogP contribution in [0.15, 0.2) is 6.08 Å². The third-order valence-corrected chi connectivity index (χ3v) is 5.34. The minimum absolute atomic E-state index is 0.0837. The van der Waals surface area contributed by atoms with Crippen LogP contribution < -0.4 is 9.47 Å². The van der Waals surface area contributed by atoms with Crippen LogP contribution in [0.2, 0.25) is 0 Å². The largest absolute Gasteiger partial charge is 0.503 e. The SMILES string of the molecule is C/C=C/c1sc(-c2sc(C)c3c2OCCO3)c(O)c1O.CC. The zero-order chi connectivity index (χ0) is 16.3. The van der Waals surface area contributed by atoms with Crippen molar-refractivity contribution in [1.29, 1.82) is 0 Å². The molecule has 0 saturated carbocycles. The highest BCUT2D eigenvalue weighted by molar-refractivity contribution is 7.23. The molecule has 6 heteroatoms. The van der Waals surface area contributed by atoms with Gasteiger partial charge in [0.2, 0.25) is 0 Å². The van der Waals surface area contributed by atoms with E-state index >= 15 is 0 Å². The second kappa shape index (κ2) is 7.07. The van der Waals surface area contributed by atoms with Crippen LogP contribution in [0.4, 0.5) is 0 Å². The summed E-state index contributed by atoms with van der Waals surface area (Å²) in [5.41, 5.74) is 0. The molecule has 0 saturated heterocycles. The Morgan fingerprint density at radius 3 is 2.23 bits per heavy atom. The molecule has 3 rings (SSSR count). The van der Waals surface area contributed by atoms with Crippen LogP contribution >= 0.6 is 22.7 Å². The maximum Gasteiger partial charge on any atom is 0.181 e. The minimum Gasteiger partial charge on any atom is -0.503 e. The average molecular weight is 340 g/mol. The van der Waals surface area contributed by atoms with Crippen molar-refractivity contribution in [3.05, 3.63) is 15.8 Å². The summed E-state index contributed by atoms with van der Waals surface area (Å²) in [6.45, 7) is 8.86. The summed E-state index contributed by atoms with van der Waals surface area (Å²) in [6.07, 6.45) is 3.59. The summed E-state index contributed by atoms with van der Waals surface area (Å²) in [4.78, 5) is 3.08. The lowest BCUT2D eigenvalue weighted by molar-refractivity contribution is 0.173. The minimum atomic E-state index is -0.0960. The lowest BCUT2D eigenvalue weighted by atomic mass is 10.2. The fraction of sp³-hybridized carbons (Fsp3) is 0.375. The Hall–Kier alpha value is -1.66. The van der Waals surface area contributed by atoms with Gasteiger partial charge in [0.15, 0.2) is 23.0 Å². The van der Waals surface area contributed by atoms with Crippen LogP contribution in [0.25, 0.3) is 15.8 Å². The molecule has 3 heterocycles. The van der Waals surface area contributed by atoms with Crippen molar-refractivity contribution >= 4 is 28.7 Å². The number of allylic oxidation sites excluding steroid dienone is 1. The molecule has 4 nitrogen and oxygen atoms in total. The van der Waals surface area contributed by atoms with Crippen molar-refractivity contribution in [1.82, 2.24) is 0 Å². The Morgan fingerprint density at radius 1 is 0.955 bits per heavy atom. The van der Waals surface area contributed by atoms with E-state index in [4.69, 9.17) is 9.47 Å². The number of hydrogen-bond donors (Lipinski definition) is 2. The molecule has 0 aliphatic carbocycles. The highest BCUT2D eigenvalue weighted by Gasteiger charge is 2.27. The summed E-state index contributed by atoms with van der Waals surface area (Å²) >= 11 is 2.84. The molecule has 0 amide bonds. The topological polar surface area (TPSA) is 58.9 Å². The molecule has 2 N–H and O–H groups in total. The predicted molar refractivity (Wildman–Crippen MR) is 92.7 cm³/mol. The molecule has 0 spiro atoms. The van der Waals surface area contributed by atoms with Crippen LogP contribution in [0.5, 0.6) is 23.0 Å². The van der Waals surface area contributed by atoms with Gasteiger partial charge < -0.3 is 19.7 Å². The summed E-state index contributed by atoms with van der Waals surface area (Å²) < 4.78 is 11.3. The van der Waals surface area contributed by atoms with Gasteiger partial charge in [-0.05, 0) is 19.9 Å². The van der Waals surface area contributed by atoms with Gasteiger partial charge in [-0.1, -0.05) is 19.9 Å². The second-order valence-electron chi connectivity index (χ2n) is 4.34. The van der Waals surface area contributed by atoms with E-state index in [1.807, 2.05) is 33.8 Å². The Bertz CT molecular complexity index is 683. The van der Waals surface area contributed by atoms with E-state index in [9.17, 15) is 10.2 Å². The van der Waals surface area contributed by atoms with E-state index in [2.05, 4.69) is 0 Å². The van der Waals surface area contributed by atoms with Crippen LogP contribution in [0, 0.1) is 6.92 Å². The molecule has 0 unspecified atom stereocenters. The summed E-state index contributed by atoms with van der Waals surface area (Å²) in [7, 11) is 0. The molecule has 120 valence electrons. The lowest BCUT2D eigenvalue weighted by Crippen LogP contribution is -2.14. The molecule has 0 bridgehead atoms. The van der Waals surface area contributed by atoms with Gasteiger partial charge in [0.25, 0.3) is 0 Å². The molecule has 1 aliphatic heterocycles. The van der Waals surface area contributed by atoms with Gasteiger partial charge in [-0.2, -0.15) is 0 Å². The van der Waals surface area contributed by atoms with E-state index in [0.29, 0.717) is 28.7 Å². The third-order valence-electron chi connectivity index (χ3n) is 2.97. The highest BCUT2D eigenvalue weighted by Crippen LogP contribution is 2.56. The van der Waals surface area contributed by atoms with E-state index in [-0.39, 0.29) is 11.5 Å². The normalized spacial score (nSPS) is 13.1. The first kappa shape index (κ1) is 16.7. The fourth-order valence-electron chi connectivity index (χ4n) is 2.09. The third kappa shape index (κ3) is 2.80. The number of aromatic hydroxyl groups is 2. The summed E-state index contributed by atoms with van der Waals surface area (Å²) in [5.74, 6) is 1.24. The highest BCUT2D eigenvalue weighted by atomic mass is 32.1. The molecule has 1 aliphatic rings. The predicted octanol–water partition coefficient (Wildman–Crippen LogP) is 5.03. The van der Waals surface area contributed by atoms with Gasteiger partial charge >= 0.3 is 0 Å². The monoisotopic (exact) mass is 340 g/mol. The van der Waals surface area contributed by atoms with Crippen molar-refractivity contribution in [3.63, 3.8) is 0 Å². The van der Waals surface area contributed by atoms with Crippen molar-refractivity contribution in [3.8, 4) is 32.8 Å². The lowest BCUT2D eigenvalue weighted by Gasteiger charge is -2.16. The Kier molecular flexibility index (Phi) is 5.37. The number of fused-ring (bicyclic) bond motifs is 1. The van der Waals surface area contributed by atoms with Crippen LogP contribution in [0.3, 0.4) is 0 Å². The zero-order valence-electron chi connectivity index (χ0n) is 13.1. The number of rotatable bonds is 2. The van der Waals surface area contributed by atoms with Crippen LogP contribution in [0.1, 0.15) is 30.5 Å². The Morgan fingerprint density at radius 2 is 1.59 bits per heavy atom. The number of ether oxygens (including phenoxy) is 2. The number of hydrogen-bond acceptors (Lipinski definition) is 6. The number of aryl methyl sites for hydroxylation is 1. The smallest absolute Gasteiger partial charge is 0.181 e. The molecule has 0 radical (unpaired) electrons. The molecule has 0 aromatic carbocycles. The Balaban J connectivity index is 0.000000847.